The van der Waals surface area contributed by atoms with Crippen LogP contribution in [0, 0.1) is 11.7 Å². The van der Waals surface area contributed by atoms with Gasteiger partial charge in [-0.1, -0.05) is 6.92 Å². The molecule has 1 aromatic rings. The average Bonchev–Trinajstić information content (AvgIpc) is 2.58. The first-order valence-electron chi connectivity index (χ1n) is 6.10. The first-order valence-corrected chi connectivity index (χ1v) is 6.10. The Bertz CT molecular complexity index is 483. The maximum atomic E-state index is 13.2. The minimum absolute atomic E-state index is 0.0837. The van der Waals surface area contributed by atoms with E-state index in [1.807, 2.05) is 0 Å². The molecule has 2 aliphatic rings. The van der Waals surface area contributed by atoms with Crippen LogP contribution in [-0.2, 0) is 0 Å². The predicted octanol–water partition coefficient (Wildman–Crippen LogP) is 3.35. The summed E-state index contributed by atoms with van der Waals surface area (Å²) in [7, 11) is 0. The summed E-state index contributed by atoms with van der Waals surface area (Å²) in [6.45, 7) is 2.17. The number of benzene rings is 1. The molecule has 2 unspecified atom stereocenters. The number of rotatable bonds is 0. The second-order valence-corrected chi connectivity index (χ2v) is 5.37. The van der Waals surface area contributed by atoms with Gasteiger partial charge in [-0.05, 0) is 37.3 Å². The van der Waals surface area contributed by atoms with Crippen molar-refractivity contribution in [2.45, 2.75) is 38.2 Å². The lowest BCUT2D eigenvalue weighted by Crippen LogP contribution is -2.39. The molecule has 0 radical (unpaired) electrons. The second kappa shape index (κ2) is 3.56. The van der Waals surface area contributed by atoms with Crippen molar-refractivity contribution in [1.82, 2.24) is 0 Å². The molecule has 0 saturated heterocycles. The lowest BCUT2D eigenvalue weighted by atomic mass is 9.88. The zero-order valence-electron chi connectivity index (χ0n) is 9.83. The topological polar surface area (TPSA) is 26.3 Å². The van der Waals surface area contributed by atoms with E-state index in [2.05, 4.69) is 6.92 Å². The van der Waals surface area contributed by atoms with Gasteiger partial charge in [-0.3, -0.25) is 4.79 Å². The first-order chi connectivity index (χ1) is 8.08. The number of hydrogen-bond donors (Lipinski definition) is 0. The Hall–Kier alpha value is -1.38. The lowest BCUT2D eigenvalue weighted by Gasteiger charge is -2.34. The number of hydrogen-bond acceptors (Lipinski definition) is 2. The molecule has 17 heavy (non-hydrogen) atoms. The van der Waals surface area contributed by atoms with E-state index in [-0.39, 0.29) is 17.2 Å². The zero-order valence-corrected chi connectivity index (χ0v) is 9.83. The Kier molecular flexibility index (Phi) is 2.25. The molecular formula is C14H15FO2. The van der Waals surface area contributed by atoms with Gasteiger partial charge in [0.05, 0.1) is 12.0 Å². The molecule has 1 heterocycles. The van der Waals surface area contributed by atoms with Crippen LogP contribution in [0.2, 0.25) is 0 Å². The fourth-order valence-electron chi connectivity index (χ4n) is 3.07. The van der Waals surface area contributed by atoms with Crippen LogP contribution in [0.5, 0.6) is 5.75 Å². The highest BCUT2D eigenvalue weighted by Gasteiger charge is 2.45. The van der Waals surface area contributed by atoms with Gasteiger partial charge in [0.25, 0.3) is 0 Å². The Morgan fingerprint density at radius 3 is 3.00 bits per heavy atom. The highest BCUT2D eigenvalue weighted by atomic mass is 19.1. The summed E-state index contributed by atoms with van der Waals surface area (Å²) in [5.41, 5.74) is 0.161. The number of fused-ring (bicyclic) bond motifs is 1. The van der Waals surface area contributed by atoms with E-state index in [9.17, 15) is 9.18 Å². The molecule has 1 saturated carbocycles. The van der Waals surface area contributed by atoms with Crippen LogP contribution >= 0.6 is 0 Å². The molecule has 1 aromatic carbocycles. The fraction of sp³-hybridized carbons (Fsp3) is 0.500. The molecule has 2 atom stereocenters. The van der Waals surface area contributed by atoms with Gasteiger partial charge in [0, 0.05) is 6.07 Å². The van der Waals surface area contributed by atoms with Gasteiger partial charge in [0.1, 0.15) is 17.2 Å². The van der Waals surface area contributed by atoms with Gasteiger partial charge in [-0.25, -0.2) is 4.39 Å². The number of Topliss-reactive ketones (excluding diaryl/α,β-unsaturated/α-hetero) is 1. The molecule has 1 fully saturated rings. The Morgan fingerprint density at radius 2 is 2.29 bits per heavy atom. The summed E-state index contributed by atoms with van der Waals surface area (Å²) in [5, 5.41) is 0. The highest BCUT2D eigenvalue weighted by molar-refractivity contribution is 6.00. The van der Waals surface area contributed by atoms with Crippen molar-refractivity contribution in [1.29, 1.82) is 0 Å². The molecule has 0 bridgehead atoms. The van der Waals surface area contributed by atoms with Crippen LogP contribution in [-0.4, -0.2) is 11.4 Å². The standard InChI is InChI=1S/C14H15FO2/c1-9-4-5-14(7-9)8-12(16)11-3-2-10(15)6-13(11)17-14/h2-3,6,9H,4-5,7-8H2,1H3. The van der Waals surface area contributed by atoms with Gasteiger partial charge in [0.2, 0.25) is 0 Å². The van der Waals surface area contributed by atoms with Gasteiger partial charge >= 0.3 is 0 Å². The fourth-order valence-corrected chi connectivity index (χ4v) is 3.07. The van der Waals surface area contributed by atoms with E-state index < -0.39 is 0 Å². The minimum Gasteiger partial charge on any atom is -0.486 e. The maximum absolute atomic E-state index is 13.2. The van der Waals surface area contributed by atoms with E-state index >= 15 is 0 Å². The van der Waals surface area contributed by atoms with Crippen molar-refractivity contribution < 1.29 is 13.9 Å². The second-order valence-electron chi connectivity index (χ2n) is 5.37. The molecule has 1 aliphatic carbocycles. The normalized spacial score (nSPS) is 31.4. The number of carbonyl (C=O) groups excluding carboxylic acids is 1. The van der Waals surface area contributed by atoms with E-state index in [1.54, 1.807) is 0 Å². The molecule has 3 heteroatoms. The Balaban J connectivity index is 2.00. The first kappa shape index (κ1) is 10.8. The van der Waals surface area contributed by atoms with E-state index in [4.69, 9.17) is 4.74 Å². The number of ketones is 1. The maximum Gasteiger partial charge on any atom is 0.170 e. The molecule has 1 aliphatic heterocycles. The highest BCUT2D eigenvalue weighted by Crippen LogP contribution is 2.45. The van der Waals surface area contributed by atoms with Gasteiger partial charge in [-0.2, -0.15) is 0 Å². The van der Waals surface area contributed by atoms with Gasteiger partial charge in [0.15, 0.2) is 5.78 Å². The summed E-state index contributed by atoms with van der Waals surface area (Å²) in [4.78, 5) is 12.1. The molecular weight excluding hydrogens is 219 g/mol. The molecule has 0 aromatic heterocycles. The van der Waals surface area contributed by atoms with Gasteiger partial charge < -0.3 is 4.74 Å². The molecule has 90 valence electrons. The number of carbonyl (C=O) groups is 1. The van der Waals surface area contributed by atoms with Crippen LogP contribution < -0.4 is 4.74 Å². The molecule has 1 spiro atoms. The van der Waals surface area contributed by atoms with Crippen molar-refractivity contribution in [3.8, 4) is 5.75 Å². The van der Waals surface area contributed by atoms with Crippen molar-refractivity contribution in [2.75, 3.05) is 0 Å². The molecule has 3 rings (SSSR count). The summed E-state index contributed by atoms with van der Waals surface area (Å²) in [6, 6.07) is 4.17. The third kappa shape index (κ3) is 1.74. The van der Waals surface area contributed by atoms with Crippen LogP contribution in [0.15, 0.2) is 18.2 Å². The molecule has 2 nitrogen and oxygen atoms in total. The summed E-state index contributed by atoms with van der Waals surface area (Å²) in [6.07, 6.45) is 3.32. The average molecular weight is 234 g/mol. The largest absolute Gasteiger partial charge is 0.486 e. The zero-order chi connectivity index (χ0) is 12.0. The third-order valence-electron chi connectivity index (χ3n) is 3.87. The Labute approximate surface area is 99.8 Å². The monoisotopic (exact) mass is 234 g/mol. The summed E-state index contributed by atoms with van der Waals surface area (Å²) in [5.74, 6) is 0.744. The Morgan fingerprint density at radius 1 is 1.47 bits per heavy atom. The van der Waals surface area contributed by atoms with Crippen LogP contribution in [0.25, 0.3) is 0 Å². The summed E-state index contributed by atoms with van der Waals surface area (Å²) >= 11 is 0. The van der Waals surface area contributed by atoms with Crippen LogP contribution in [0.3, 0.4) is 0 Å². The minimum atomic E-state index is -0.364. The van der Waals surface area contributed by atoms with E-state index in [0.717, 1.165) is 19.3 Å². The van der Waals surface area contributed by atoms with Crippen LogP contribution in [0.4, 0.5) is 4.39 Å². The smallest absolute Gasteiger partial charge is 0.170 e. The van der Waals surface area contributed by atoms with E-state index in [0.29, 0.717) is 23.7 Å². The lowest BCUT2D eigenvalue weighted by molar-refractivity contribution is 0.0426. The van der Waals surface area contributed by atoms with Gasteiger partial charge in [-0.15, -0.1) is 0 Å². The van der Waals surface area contributed by atoms with E-state index in [1.165, 1.54) is 18.2 Å². The van der Waals surface area contributed by atoms with Crippen LogP contribution in [0.1, 0.15) is 43.0 Å². The predicted molar refractivity (Wildman–Crippen MR) is 61.7 cm³/mol. The van der Waals surface area contributed by atoms with Crippen molar-refractivity contribution >= 4 is 5.78 Å². The van der Waals surface area contributed by atoms with Crippen molar-refractivity contribution in [2.24, 2.45) is 5.92 Å². The third-order valence-corrected chi connectivity index (χ3v) is 3.87. The molecule has 0 N–H and O–H groups in total. The van der Waals surface area contributed by atoms with Crippen molar-refractivity contribution in [3.05, 3.63) is 29.6 Å². The molecule has 0 amide bonds. The van der Waals surface area contributed by atoms with Crippen molar-refractivity contribution in [3.63, 3.8) is 0 Å². The SMILES string of the molecule is CC1CCC2(CC(=O)c3ccc(F)cc3O2)C1. The number of halogens is 1. The number of ether oxygens (including phenoxy) is 1. The summed E-state index contributed by atoms with van der Waals surface area (Å²) < 4.78 is 19.1. The quantitative estimate of drug-likeness (QED) is 0.688.